The average Bonchev–Trinajstić information content (AvgIpc) is 2.82. The van der Waals surface area contributed by atoms with Crippen molar-refractivity contribution < 1.29 is 39.4 Å². The number of benzene rings is 1. The summed E-state index contributed by atoms with van der Waals surface area (Å²) in [6, 6.07) is 6.62. The number of aliphatic hydroxyl groups excluding tert-OH is 4. The molecule has 11 heteroatoms. The van der Waals surface area contributed by atoms with Gasteiger partial charge < -0.3 is 44.4 Å². The zero-order valence-corrected chi connectivity index (χ0v) is 18.3. The first-order valence-corrected chi connectivity index (χ1v) is 10.1. The minimum atomic E-state index is -1.54. The van der Waals surface area contributed by atoms with Crippen LogP contribution in [0.25, 0.3) is 11.1 Å². The summed E-state index contributed by atoms with van der Waals surface area (Å²) in [5, 5.41) is 49.3. The van der Waals surface area contributed by atoms with E-state index < -0.39 is 42.7 Å². The normalized spacial score (nSPS) is 24.7. The van der Waals surface area contributed by atoms with Gasteiger partial charge in [0.1, 0.15) is 36.0 Å². The van der Waals surface area contributed by atoms with Gasteiger partial charge in [0.15, 0.2) is 11.5 Å². The molecule has 1 fully saturated rings. The van der Waals surface area contributed by atoms with Gasteiger partial charge >= 0.3 is 0 Å². The molecule has 11 nitrogen and oxygen atoms in total. The molecule has 0 amide bonds. The van der Waals surface area contributed by atoms with E-state index in [1.54, 1.807) is 18.2 Å². The highest BCUT2D eigenvalue weighted by atomic mass is 16.5. The SMILES string of the molecule is COc1cc(-c2cc(C[C@@H]3O[C@H](CO)[C@@H](O)[C@H](O)[C@H]3O)[nH]c(=O)c2C#N)cc(OC)c1OC. The molecule has 0 radical (unpaired) electrons. The van der Waals surface area contributed by atoms with Gasteiger partial charge in [-0.1, -0.05) is 0 Å². The Labute approximate surface area is 189 Å². The summed E-state index contributed by atoms with van der Waals surface area (Å²) in [5.74, 6) is 0.992. The quantitative estimate of drug-likeness (QED) is 0.355. The van der Waals surface area contributed by atoms with Crippen molar-refractivity contribution in [1.29, 1.82) is 5.26 Å². The molecule has 3 rings (SSSR count). The number of nitriles is 1. The highest BCUT2D eigenvalue weighted by molar-refractivity contribution is 5.75. The molecular formula is C22H26N2O9. The maximum Gasteiger partial charge on any atom is 0.266 e. The number of aromatic amines is 1. The fraction of sp³-hybridized carbons (Fsp3) is 0.455. The Morgan fingerprint density at radius 2 is 1.61 bits per heavy atom. The average molecular weight is 462 g/mol. The smallest absolute Gasteiger partial charge is 0.266 e. The first-order chi connectivity index (χ1) is 15.8. The maximum atomic E-state index is 12.7. The highest BCUT2D eigenvalue weighted by Crippen LogP contribution is 2.41. The van der Waals surface area contributed by atoms with Gasteiger partial charge in [0, 0.05) is 17.7 Å². The lowest BCUT2D eigenvalue weighted by atomic mass is 9.92. The molecule has 2 aromatic rings. The molecular weight excluding hydrogens is 436 g/mol. The number of nitrogens with one attached hydrogen (secondary N) is 1. The summed E-state index contributed by atoms with van der Waals surface area (Å²) in [7, 11) is 4.33. The lowest BCUT2D eigenvalue weighted by Gasteiger charge is -2.40. The van der Waals surface area contributed by atoms with Crippen molar-refractivity contribution in [3.8, 4) is 34.4 Å². The second-order valence-electron chi connectivity index (χ2n) is 7.51. The molecule has 33 heavy (non-hydrogen) atoms. The van der Waals surface area contributed by atoms with Gasteiger partial charge in [-0.2, -0.15) is 5.26 Å². The van der Waals surface area contributed by atoms with E-state index in [2.05, 4.69) is 4.98 Å². The third-order valence-electron chi connectivity index (χ3n) is 5.59. The number of aromatic nitrogens is 1. The van der Waals surface area contributed by atoms with Crippen LogP contribution >= 0.6 is 0 Å². The Kier molecular flexibility index (Phi) is 7.57. The van der Waals surface area contributed by atoms with Crippen LogP contribution in [0.3, 0.4) is 0 Å². The first-order valence-electron chi connectivity index (χ1n) is 10.1. The van der Waals surface area contributed by atoms with Crippen molar-refractivity contribution in [2.45, 2.75) is 36.9 Å². The molecule has 5 N–H and O–H groups in total. The number of pyridine rings is 1. The number of aliphatic hydroxyl groups is 4. The van der Waals surface area contributed by atoms with Crippen LogP contribution in [0.4, 0.5) is 0 Å². The largest absolute Gasteiger partial charge is 0.493 e. The lowest BCUT2D eigenvalue weighted by molar-refractivity contribution is -0.228. The number of methoxy groups -OCH3 is 3. The maximum absolute atomic E-state index is 12.7. The van der Waals surface area contributed by atoms with Crippen LogP contribution in [0.1, 0.15) is 11.3 Å². The van der Waals surface area contributed by atoms with Crippen molar-refractivity contribution in [3.05, 3.63) is 39.8 Å². The zero-order chi connectivity index (χ0) is 24.3. The molecule has 0 spiro atoms. The van der Waals surface area contributed by atoms with Gasteiger partial charge in [0.2, 0.25) is 5.75 Å². The van der Waals surface area contributed by atoms with Gasteiger partial charge in [-0.15, -0.1) is 0 Å². The number of nitrogens with zero attached hydrogens (tertiary/aromatic N) is 1. The van der Waals surface area contributed by atoms with Crippen molar-refractivity contribution in [2.24, 2.45) is 0 Å². The Hall–Kier alpha value is -3.14. The van der Waals surface area contributed by atoms with E-state index in [-0.39, 0.29) is 17.5 Å². The van der Waals surface area contributed by atoms with E-state index in [0.29, 0.717) is 28.5 Å². The molecule has 1 saturated heterocycles. The van der Waals surface area contributed by atoms with Gasteiger partial charge in [-0.3, -0.25) is 4.79 Å². The van der Waals surface area contributed by atoms with Crippen molar-refractivity contribution in [1.82, 2.24) is 4.98 Å². The second-order valence-corrected chi connectivity index (χ2v) is 7.51. The van der Waals surface area contributed by atoms with Crippen LogP contribution < -0.4 is 19.8 Å². The minimum absolute atomic E-state index is 0.0696. The number of hydrogen-bond donors (Lipinski definition) is 5. The summed E-state index contributed by atoms with van der Waals surface area (Å²) in [6.45, 7) is -0.567. The van der Waals surface area contributed by atoms with Crippen LogP contribution in [-0.2, 0) is 11.2 Å². The van der Waals surface area contributed by atoms with Gasteiger partial charge in [-0.05, 0) is 23.8 Å². The van der Waals surface area contributed by atoms with E-state index in [1.807, 2.05) is 6.07 Å². The van der Waals surface area contributed by atoms with Crippen LogP contribution in [0.15, 0.2) is 23.0 Å². The topological polar surface area (TPSA) is 174 Å². The fourth-order valence-corrected chi connectivity index (χ4v) is 3.86. The van der Waals surface area contributed by atoms with Crippen molar-refractivity contribution >= 4 is 0 Å². The second kappa shape index (κ2) is 10.2. The monoisotopic (exact) mass is 462 g/mol. The van der Waals surface area contributed by atoms with Crippen LogP contribution in [0, 0.1) is 11.3 Å². The van der Waals surface area contributed by atoms with Crippen molar-refractivity contribution in [3.63, 3.8) is 0 Å². The van der Waals surface area contributed by atoms with E-state index in [4.69, 9.17) is 18.9 Å². The molecule has 1 aliphatic heterocycles. The molecule has 178 valence electrons. The molecule has 2 heterocycles. The van der Waals surface area contributed by atoms with Gasteiger partial charge in [0.05, 0.1) is 34.0 Å². The Morgan fingerprint density at radius 1 is 1.00 bits per heavy atom. The number of H-pyrrole nitrogens is 1. The summed E-state index contributed by atoms with van der Waals surface area (Å²) in [5.41, 5.74) is 0.208. The number of rotatable bonds is 7. The van der Waals surface area contributed by atoms with Crippen molar-refractivity contribution in [2.75, 3.05) is 27.9 Å². The van der Waals surface area contributed by atoms with E-state index in [1.165, 1.54) is 21.3 Å². The van der Waals surface area contributed by atoms with E-state index >= 15 is 0 Å². The van der Waals surface area contributed by atoms with Crippen LogP contribution in [0.2, 0.25) is 0 Å². The molecule has 1 aromatic heterocycles. The molecule has 1 aliphatic rings. The predicted octanol–water partition coefficient (Wildman–Crippen LogP) is -0.676. The molecule has 0 unspecified atom stereocenters. The number of ether oxygens (including phenoxy) is 4. The standard InChI is InChI=1S/C22H26N2O9/c1-30-15-4-10(5-16(31-2)21(15)32-3)12-6-11(24-22(29)13(12)8-23)7-14-18(26)20(28)19(27)17(9-25)33-14/h4-6,14,17-20,25-28H,7,9H2,1-3H3,(H,24,29)/t14-,17+,18-,19+,20+/m0/s1. The summed E-state index contributed by atoms with van der Waals surface area (Å²) in [6.07, 6.45) is -6.67. The summed E-state index contributed by atoms with van der Waals surface area (Å²) >= 11 is 0. The highest BCUT2D eigenvalue weighted by Gasteiger charge is 2.43. The van der Waals surface area contributed by atoms with E-state index in [0.717, 1.165) is 0 Å². The summed E-state index contributed by atoms with van der Waals surface area (Å²) in [4.78, 5) is 15.2. The minimum Gasteiger partial charge on any atom is -0.493 e. The van der Waals surface area contributed by atoms with E-state index in [9.17, 15) is 30.5 Å². The van der Waals surface area contributed by atoms with Crippen LogP contribution in [0.5, 0.6) is 17.2 Å². The van der Waals surface area contributed by atoms with Gasteiger partial charge in [-0.25, -0.2) is 0 Å². The predicted molar refractivity (Wildman–Crippen MR) is 114 cm³/mol. The lowest BCUT2D eigenvalue weighted by Crippen LogP contribution is -2.59. The Morgan fingerprint density at radius 3 is 2.12 bits per heavy atom. The molecule has 0 bridgehead atoms. The summed E-state index contributed by atoms with van der Waals surface area (Å²) < 4.78 is 21.5. The molecule has 5 atom stereocenters. The molecule has 0 saturated carbocycles. The number of hydrogen-bond acceptors (Lipinski definition) is 10. The third-order valence-corrected chi connectivity index (χ3v) is 5.59. The molecule has 1 aromatic carbocycles. The zero-order valence-electron chi connectivity index (χ0n) is 18.3. The fourth-order valence-electron chi connectivity index (χ4n) is 3.86. The Bertz CT molecular complexity index is 1070. The first kappa shape index (κ1) is 24.5. The Balaban J connectivity index is 2.07. The third kappa shape index (κ3) is 4.66. The van der Waals surface area contributed by atoms with Gasteiger partial charge in [0.25, 0.3) is 5.56 Å². The molecule has 0 aliphatic carbocycles. The van der Waals surface area contributed by atoms with Crippen LogP contribution in [-0.4, -0.2) is 83.9 Å².